The molecule has 0 bridgehead atoms. The molecule has 0 spiro atoms. The molecule has 1 aromatic carbocycles. The maximum absolute atomic E-state index is 5.72. The van der Waals surface area contributed by atoms with Gasteiger partial charge in [0.2, 0.25) is 5.88 Å². The van der Waals surface area contributed by atoms with Gasteiger partial charge < -0.3 is 10.5 Å². The highest BCUT2D eigenvalue weighted by molar-refractivity contribution is 9.10. The first-order valence-corrected chi connectivity index (χ1v) is 6.49. The van der Waals surface area contributed by atoms with Gasteiger partial charge in [0, 0.05) is 23.3 Å². The summed E-state index contributed by atoms with van der Waals surface area (Å²) in [5.74, 6) is 1.37. The minimum Gasteiger partial charge on any atom is -0.439 e. The van der Waals surface area contributed by atoms with Crippen LogP contribution in [0.4, 0.5) is 0 Å². The van der Waals surface area contributed by atoms with E-state index in [2.05, 4.69) is 20.9 Å². The van der Waals surface area contributed by atoms with Crippen LogP contribution in [0.5, 0.6) is 11.6 Å². The number of pyridine rings is 1. The topological polar surface area (TPSA) is 48.1 Å². The van der Waals surface area contributed by atoms with Crippen LogP contribution in [0.1, 0.15) is 16.7 Å². The van der Waals surface area contributed by atoms with Gasteiger partial charge in [-0.25, -0.2) is 4.98 Å². The molecule has 0 fully saturated rings. The molecule has 2 rings (SSSR count). The zero-order chi connectivity index (χ0) is 13.1. The summed E-state index contributed by atoms with van der Waals surface area (Å²) in [7, 11) is 0. The Kier molecular flexibility index (Phi) is 3.99. The summed E-state index contributed by atoms with van der Waals surface area (Å²) in [4.78, 5) is 4.21. The van der Waals surface area contributed by atoms with Gasteiger partial charge in [-0.1, -0.05) is 22.0 Å². The van der Waals surface area contributed by atoms with Crippen LogP contribution < -0.4 is 10.5 Å². The third-order valence-electron chi connectivity index (χ3n) is 2.67. The third-order valence-corrected chi connectivity index (χ3v) is 3.92. The van der Waals surface area contributed by atoms with E-state index in [0.29, 0.717) is 12.4 Å². The molecule has 18 heavy (non-hydrogen) atoms. The van der Waals surface area contributed by atoms with Gasteiger partial charge in [-0.05, 0) is 42.7 Å². The third kappa shape index (κ3) is 2.89. The van der Waals surface area contributed by atoms with Crippen LogP contribution in [-0.2, 0) is 6.54 Å². The quantitative estimate of drug-likeness (QED) is 0.940. The summed E-state index contributed by atoms with van der Waals surface area (Å²) in [6.45, 7) is 4.56. The van der Waals surface area contributed by atoms with Gasteiger partial charge in [0.25, 0.3) is 0 Å². The molecule has 3 nitrogen and oxygen atoms in total. The Hall–Kier alpha value is -1.39. The van der Waals surface area contributed by atoms with Gasteiger partial charge in [0.1, 0.15) is 5.75 Å². The molecule has 94 valence electrons. The average Bonchev–Trinajstić information content (AvgIpc) is 2.37. The van der Waals surface area contributed by atoms with Crippen LogP contribution in [-0.4, -0.2) is 4.98 Å². The molecular weight excluding hydrogens is 292 g/mol. The number of nitrogens with two attached hydrogens (primary N) is 1. The van der Waals surface area contributed by atoms with Crippen LogP contribution in [0.2, 0.25) is 0 Å². The predicted molar refractivity (Wildman–Crippen MR) is 75.8 cm³/mol. The molecule has 2 aromatic rings. The largest absolute Gasteiger partial charge is 0.439 e. The Morgan fingerprint density at radius 1 is 1.22 bits per heavy atom. The second-order valence-electron chi connectivity index (χ2n) is 4.18. The summed E-state index contributed by atoms with van der Waals surface area (Å²) in [6, 6.07) is 7.71. The Morgan fingerprint density at radius 2 is 1.89 bits per heavy atom. The number of rotatable bonds is 3. The molecule has 2 N–H and O–H groups in total. The van der Waals surface area contributed by atoms with Crippen molar-refractivity contribution < 1.29 is 4.74 Å². The molecule has 0 aliphatic rings. The van der Waals surface area contributed by atoms with Crippen molar-refractivity contribution >= 4 is 15.9 Å². The van der Waals surface area contributed by atoms with E-state index in [1.807, 2.05) is 38.1 Å². The lowest BCUT2D eigenvalue weighted by molar-refractivity contribution is 0.461. The van der Waals surface area contributed by atoms with Gasteiger partial charge in [0.05, 0.1) is 0 Å². The average molecular weight is 307 g/mol. The number of aryl methyl sites for hydroxylation is 2. The maximum Gasteiger partial charge on any atom is 0.219 e. The van der Waals surface area contributed by atoms with Crippen molar-refractivity contribution in [1.82, 2.24) is 4.98 Å². The molecule has 0 atom stereocenters. The monoisotopic (exact) mass is 306 g/mol. The van der Waals surface area contributed by atoms with Crippen molar-refractivity contribution in [3.8, 4) is 11.6 Å². The fourth-order valence-electron chi connectivity index (χ4n) is 1.68. The molecule has 0 saturated heterocycles. The lowest BCUT2D eigenvalue weighted by atomic mass is 10.1. The molecule has 0 aliphatic carbocycles. The van der Waals surface area contributed by atoms with Crippen molar-refractivity contribution in [1.29, 1.82) is 0 Å². The normalized spacial score (nSPS) is 10.4. The summed E-state index contributed by atoms with van der Waals surface area (Å²) in [5.41, 5.74) is 8.80. The molecule has 0 radical (unpaired) electrons. The highest BCUT2D eigenvalue weighted by Gasteiger charge is 2.05. The second kappa shape index (κ2) is 5.50. The van der Waals surface area contributed by atoms with Gasteiger partial charge >= 0.3 is 0 Å². The van der Waals surface area contributed by atoms with E-state index in [9.17, 15) is 0 Å². The number of benzene rings is 1. The van der Waals surface area contributed by atoms with Crippen molar-refractivity contribution in [2.75, 3.05) is 0 Å². The number of hydrogen-bond acceptors (Lipinski definition) is 3. The minimum atomic E-state index is 0.490. The summed E-state index contributed by atoms with van der Waals surface area (Å²) < 4.78 is 6.83. The van der Waals surface area contributed by atoms with E-state index >= 15 is 0 Å². The number of hydrogen-bond donors (Lipinski definition) is 1. The van der Waals surface area contributed by atoms with Gasteiger partial charge in [-0.15, -0.1) is 0 Å². The smallest absolute Gasteiger partial charge is 0.219 e. The lowest BCUT2D eigenvalue weighted by Crippen LogP contribution is -1.97. The number of halogens is 1. The van der Waals surface area contributed by atoms with Crippen LogP contribution >= 0.6 is 15.9 Å². The number of ether oxygens (including phenoxy) is 1. The molecule has 4 heteroatoms. The Morgan fingerprint density at radius 3 is 2.39 bits per heavy atom. The van der Waals surface area contributed by atoms with Gasteiger partial charge in [-0.3, -0.25) is 0 Å². The zero-order valence-corrected chi connectivity index (χ0v) is 12.0. The van der Waals surface area contributed by atoms with Crippen LogP contribution in [0, 0.1) is 13.8 Å². The molecule has 0 saturated carbocycles. The van der Waals surface area contributed by atoms with Crippen molar-refractivity contribution in [2.45, 2.75) is 20.4 Å². The zero-order valence-electron chi connectivity index (χ0n) is 10.4. The Balaban J connectivity index is 2.23. The van der Waals surface area contributed by atoms with Crippen LogP contribution in [0.15, 0.2) is 34.9 Å². The fourth-order valence-corrected chi connectivity index (χ4v) is 1.91. The first kappa shape index (κ1) is 13.1. The maximum atomic E-state index is 5.72. The number of aromatic nitrogens is 1. The van der Waals surface area contributed by atoms with E-state index in [0.717, 1.165) is 26.9 Å². The lowest BCUT2D eigenvalue weighted by Gasteiger charge is -2.09. The summed E-state index contributed by atoms with van der Waals surface area (Å²) in [6.07, 6.45) is 1.73. The minimum absolute atomic E-state index is 0.490. The van der Waals surface area contributed by atoms with Crippen LogP contribution in [0.25, 0.3) is 0 Å². The molecule has 1 heterocycles. The van der Waals surface area contributed by atoms with Crippen LogP contribution in [0.3, 0.4) is 0 Å². The predicted octanol–water partition coefficient (Wildman–Crippen LogP) is 3.71. The van der Waals surface area contributed by atoms with Gasteiger partial charge in [0.15, 0.2) is 0 Å². The fraction of sp³-hybridized carbons (Fsp3) is 0.214. The van der Waals surface area contributed by atoms with E-state index in [4.69, 9.17) is 10.5 Å². The van der Waals surface area contributed by atoms with E-state index in [1.165, 1.54) is 0 Å². The summed E-state index contributed by atoms with van der Waals surface area (Å²) >= 11 is 3.53. The van der Waals surface area contributed by atoms with E-state index in [1.54, 1.807) is 6.20 Å². The molecule has 0 unspecified atom stereocenters. The first-order chi connectivity index (χ1) is 8.60. The highest BCUT2D eigenvalue weighted by atomic mass is 79.9. The Labute approximate surface area is 115 Å². The van der Waals surface area contributed by atoms with Crippen molar-refractivity contribution in [2.24, 2.45) is 5.73 Å². The molecule has 1 aromatic heterocycles. The number of nitrogens with zero attached hydrogens (tertiary/aromatic N) is 1. The van der Waals surface area contributed by atoms with Crippen molar-refractivity contribution in [3.63, 3.8) is 0 Å². The first-order valence-electron chi connectivity index (χ1n) is 5.69. The van der Waals surface area contributed by atoms with Crippen molar-refractivity contribution in [3.05, 3.63) is 51.6 Å². The molecule has 0 amide bonds. The van der Waals surface area contributed by atoms with E-state index < -0.39 is 0 Å². The Bertz CT molecular complexity index is 529. The van der Waals surface area contributed by atoms with E-state index in [-0.39, 0.29) is 0 Å². The molecular formula is C14H15BrN2O. The highest BCUT2D eigenvalue weighted by Crippen LogP contribution is 2.28. The summed E-state index contributed by atoms with van der Waals surface area (Å²) in [5, 5.41) is 0. The van der Waals surface area contributed by atoms with Gasteiger partial charge in [-0.2, -0.15) is 0 Å². The SMILES string of the molecule is Cc1cc(Oc2ccc(CN)cn2)cc(C)c1Br. The standard InChI is InChI=1S/C14H15BrN2O/c1-9-5-12(6-10(2)14(9)15)18-13-4-3-11(7-16)8-17-13/h3-6,8H,7,16H2,1-2H3. The second-order valence-corrected chi connectivity index (χ2v) is 4.97. The molecule has 0 aliphatic heterocycles.